The van der Waals surface area contributed by atoms with E-state index >= 15 is 0 Å². The molecule has 1 aromatic rings. The van der Waals surface area contributed by atoms with Crippen molar-refractivity contribution in [3.05, 3.63) is 48.0 Å². The predicted octanol–water partition coefficient (Wildman–Crippen LogP) is 0.218. The second-order valence-electron chi connectivity index (χ2n) is 3.65. The molecule has 0 saturated heterocycles. The van der Waals surface area contributed by atoms with Crippen LogP contribution in [0.1, 0.15) is 10.4 Å². The number of amides is 1. The van der Waals surface area contributed by atoms with Crippen LogP contribution in [-0.2, 0) is 9.53 Å². The molecule has 0 radical (unpaired) electrons. The standard InChI is InChI=1S/C12H11NO4/c14-10-6-7-12(16,17-10)8-13-11(15)9-4-2-1-3-5-9/h1-7,16H,8H2,(H,13,15)/t12-/m1/s1. The van der Waals surface area contributed by atoms with Crippen LogP contribution in [0.4, 0.5) is 0 Å². The molecule has 1 atom stereocenters. The Hall–Kier alpha value is -2.14. The maximum absolute atomic E-state index is 11.6. The highest BCUT2D eigenvalue weighted by atomic mass is 16.7. The fraction of sp³-hybridized carbons (Fsp3) is 0.167. The van der Waals surface area contributed by atoms with Gasteiger partial charge in [0.05, 0.1) is 6.54 Å². The van der Waals surface area contributed by atoms with Crippen LogP contribution in [0.5, 0.6) is 0 Å². The first-order valence-corrected chi connectivity index (χ1v) is 5.07. The molecule has 1 amide bonds. The average Bonchev–Trinajstić information content (AvgIpc) is 2.68. The number of cyclic esters (lactones) is 1. The van der Waals surface area contributed by atoms with Gasteiger partial charge in [-0.05, 0) is 18.2 Å². The van der Waals surface area contributed by atoms with Crippen LogP contribution in [0.2, 0.25) is 0 Å². The van der Waals surface area contributed by atoms with E-state index in [1.165, 1.54) is 6.08 Å². The molecule has 0 bridgehead atoms. The van der Waals surface area contributed by atoms with Crippen molar-refractivity contribution >= 4 is 11.9 Å². The SMILES string of the molecule is O=C1C=C[C@](O)(CNC(=O)c2ccccc2)O1. The van der Waals surface area contributed by atoms with Crippen LogP contribution in [0.3, 0.4) is 0 Å². The Bertz CT molecular complexity index is 469. The highest BCUT2D eigenvalue weighted by Gasteiger charge is 2.33. The zero-order valence-corrected chi connectivity index (χ0v) is 8.92. The van der Waals surface area contributed by atoms with Crippen LogP contribution in [0.25, 0.3) is 0 Å². The first kappa shape index (κ1) is 11.3. The lowest BCUT2D eigenvalue weighted by molar-refractivity contribution is -0.175. The van der Waals surface area contributed by atoms with E-state index in [4.69, 9.17) is 0 Å². The predicted molar refractivity (Wildman–Crippen MR) is 59.0 cm³/mol. The summed E-state index contributed by atoms with van der Waals surface area (Å²) in [4.78, 5) is 22.4. The molecular formula is C12H11NO4. The molecule has 17 heavy (non-hydrogen) atoms. The number of nitrogens with one attached hydrogen (secondary N) is 1. The van der Waals surface area contributed by atoms with Gasteiger partial charge in [-0.25, -0.2) is 4.79 Å². The van der Waals surface area contributed by atoms with E-state index in [9.17, 15) is 14.7 Å². The Morgan fingerprint density at radius 3 is 2.65 bits per heavy atom. The van der Waals surface area contributed by atoms with Crippen molar-refractivity contribution in [2.45, 2.75) is 5.79 Å². The van der Waals surface area contributed by atoms with Crippen molar-refractivity contribution in [1.29, 1.82) is 0 Å². The first-order chi connectivity index (χ1) is 8.09. The highest BCUT2D eigenvalue weighted by molar-refractivity contribution is 5.94. The summed E-state index contributed by atoms with van der Waals surface area (Å²) in [5, 5.41) is 12.2. The lowest BCUT2D eigenvalue weighted by Crippen LogP contribution is -2.42. The minimum atomic E-state index is -1.73. The third-order valence-electron chi connectivity index (χ3n) is 2.30. The molecule has 0 fully saturated rings. The van der Waals surface area contributed by atoms with E-state index < -0.39 is 11.8 Å². The van der Waals surface area contributed by atoms with Gasteiger partial charge in [-0.2, -0.15) is 0 Å². The van der Waals surface area contributed by atoms with Crippen LogP contribution >= 0.6 is 0 Å². The first-order valence-electron chi connectivity index (χ1n) is 5.07. The Morgan fingerprint density at radius 1 is 1.35 bits per heavy atom. The normalized spacial score (nSPS) is 22.3. The summed E-state index contributed by atoms with van der Waals surface area (Å²) in [5.74, 6) is -2.70. The summed E-state index contributed by atoms with van der Waals surface area (Å²) in [7, 11) is 0. The van der Waals surface area contributed by atoms with Gasteiger partial charge in [0.2, 0.25) is 5.79 Å². The summed E-state index contributed by atoms with van der Waals surface area (Å²) in [6.45, 7) is -0.178. The van der Waals surface area contributed by atoms with Gasteiger partial charge in [-0.1, -0.05) is 18.2 Å². The van der Waals surface area contributed by atoms with Crippen LogP contribution in [0, 0.1) is 0 Å². The van der Waals surface area contributed by atoms with Crippen molar-refractivity contribution in [3.63, 3.8) is 0 Å². The molecule has 1 aliphatic heterocycles. The van der Waals surface area contributed by atoms with Crippen molar-refractivity contribution in [1.82, 2.24) is 5.32 Å². The van der Waals surface area contributed by atoms with E-state index in [-0.39, 0.29) is 12.5 Å². The molecule has 0 saturated carbocycles. The summed E-state index contributed by atoms with van der Waals surface area (Å²) in [6.07, 6.45) is 2.33. The third-order valence-corrected chi connectivity index (χ3v) is 2.30. The molecule has 0 unspecified atom stereocenters. The summed E-state index contributed by atoms with van der Waals surface area (Å²) < 4.78 is 4.63. The number of carbonyl (C=O) groups excluding carboxylic acids is 2. The average molecular weight is 233 g/mol. The van der Waals surface area contributed by atoms with E-state index in [1.54, 1.807) is 30.3 Å². The van der Waals surface area contributed by atoms with E-state index in [0.717, 1.165) is 6.08 Å². The number of carbonyl (C=O) groups is 2. The second kappa shape index (κ2) is 4.39. The van der Waals surface area contributed by atoms with Gasteiger partial charge in [-0.15, -0.1) is 0 Å². The number of ether oxygens (including phenoxy) is 1. The minimum absolute atomic E-state index is 0.178. The summed E-state index contributed by atoms with van der Waals surface area (Å²) >= 11 is 0. The third kappa shape index (κ3) is 2.70. The van der Waals surface area contributed by atoms with Gasteiger partial charge in [0.25, 0.3) is 5.91 Å². The molecule has 5 heteroatoms. The van der Waals surface area contributed by atoms with Crippen LogP contribution in [-0.4, -0.2) is 29.3 Å². The molecule has 0 spiro atoms. The summed E-state index contributed by atoms with van der Waals surface area (Å²) in [5.41, 5.74) is 0.476. The largest absolute Gasteiger partial charge is 0.424 e. The summed E-state index contributed by atoms with van der Waals surface area (Å²) in [6, 6.07) is 8.57. The molecule has 88 valence electrons. The van der Waals surface area contributed by atoms with Gasteiger partial charge in [-0.3, -0.25) is 4.79 Å². The zero-order valence-electron chi connectivity index (χ0n) is 8.92. The number of benzene rings is 1. The molecule has 2 N–H and O–H groups in total. The second-order valence-corrected chi connectivity index (χ2v) is 3.65. The quantitative estimate of drug-likeness (QED) is 0.732. The zero-order chi connectivity index (χ0) is 12.3. The van der Waals surface area contributed by atoms with Crippen molar-refractivity contribution < 1.29 is 19.4 Å². The molecule has 2 rings (SSSR count). The Morgan fingerprint density at radius 2 is 2.06 bits per heavy atom. The number of rotatable bonds is 3. The monoisotopic (exact) mass is 233 g/mol. The fourth-order valence-electron chi connectivity index (χ4n) is 1.43. The van der Waals surface area contributed by atoms with Crippen LogP contribution in [0.15, 0.2) is 42.5 Å². The maximum Gasteiger partial charge on any atom is 0.333 e. The smallest absolute Gasteiger partial charge is 0.333 e. The van der Waals surface area contributed by atoms with Crippen LogP contribution < -0.4 is 5.32 Å². The molecule has 1 heterocycles. The number of aliphatic hydroxyl groups is 1. The van der Waals surface area contributed by atoms with Crippen molar-refractivity contribution in [2.24, 2.45) is 0 Å². The van der Waals surface area contributed by atoms with Gasteiger partial charge < -0.3 is 15.2 Å². The molecule has 1 aliphatic rings. The van der Waals surface area contributed by atoms with Crippen molar-refractivity contribution in [3.8, 4) is 0 Å². The van der Waals surface area contributed by atoms with E-state index in [2.05, 4.69) is 10.1 Å². The lowest BCUT2D eigenvalue weighted by atomic mass is 10.2. The maximum atomic E-state index is 11.6. The molecular weight excluding hydrogens is 222 g/mol. The molecule has 1 aromatic carbocycles. The Kier molecular flexibility index (Phi) is 2.93. The highest BCUT2D eigenvalue weighted by Crippen LogP contribution is 2.15. The van der Waals surface area contributed by atoms with Gasteiger partial charge in [0, 0.05) is 11.6 Å². The number of hydrogen-bond donors (Lipinski definition) is 2. The molecule has 5 nitrogen and oxygen atoms in total. The Balaban J connectivity index is 1.93. The van der Waals surface area contributed by atoms with Gasteiger partial charge >= 0.3 is 5.97 Å². The van der Waals surface area contributed by atoms with E-state index in [0.29, 0.717) is 5.56 Å². The molecule has 0 aromatic heterocycles. The van der Waals surface area contributed by atoms with Crippen molar-refractivity contribution in [2.75, 3.05) is 6.54 Å². The Labute approximate surface area is 97.7 Å². The minimum Gasteiger partial charge on any atom is -0.424 e. The fourth-order valence-corrected chi connectivity index (χ4v) is 1.43. The number of hydrogen-bond acceptors (Lipinski definition) is 4. The lowest BCUT2D eigenvalue weighted by Gasteiger charge is -2.19. The molecule has 0 aliphatic carbocycles. The number of esters is 1. The van der Waals surface area contributed by atoms with Gasteiger partial charge in [0.1, 0.15) is 0 Å². The van der Waals surface area contributed by atoms with Gasteiger partial charge in [0.15, 0.2) is 0 Å². The van der Waals surface area contributed by atoms with E-state index in [1.807, 2.05) is 0 Å². The topological polar surface area (TPSA) is 75.6 Å².